The van der Waals surface area contributed by atoms with Gasteiger partial charge in [0.2, 0.25) is 10.0 Å². The summed E-state index contributed by atoms with van der Waals surface area (Å²) in [5.41, 5.74) is 0. The van der Waals surface area contributed by atoms with Gasteiger partial charge in [0.25, 0.3) is 10.0 Å². The Hall–Kier alpha value is -1.78. The van der Waals surface area contributed by atoms with E-state index in [9.17, 15) is 16.8 Å². The van der Waals surface area contributed by atoms with Crippen molar-refractivity contribution in [3.63, 3.8) is 0 Å². The Balaban J connectivity index is 1.54. The van der Waals surface area contributed by atoms with Crippen LogP contribution in [0.1, 0.15) is 0 Å². The molecule has 0 aliphatic carbocycles. The fourth-order valence-corrected chi connectivity index (χ4v) is 7.19. The summed E-state index contributed by atoms with van der Waals surface area (Å²) in [6.07, 6.45) is 0. The minimum absolute atomic E-state index is 0.139. The van der Waals surface area contributed by atoms with Crippen LogP contribution in [-0.4, -0.2) is 51.6 Å². The van der Waals surface area contributed by atoms with E-state index in [0.717, 1.165) is 10.8 Å². The molecule has 0 N–H and O–H groups in total. The lowest BCUT2D eigenvalue weighted by Crippen LogP contribution is -2.50. The second kappa shape index (κ2) is 6.99. The SMILES string of the molecule is O=S(=O)(c1ccc2ccccc2c1)N1CCN(S(=O)(=O)c2cccs2)CC1. The van der Waals surface area contributed by atoms with Crippen molar-refractivity contribution in [2.24, 2.45) is 0 Å². The van der Waals surface area contributed by atoms with Crippen molar-refractivity contribution in [3.05, 3.63) is 60.0 Å². The highest BCUT2D eigenvalue weighted by molar-refractivity contribution is 7.91. The van der Waals surface area contributed by atoms with Gasteiger partial charge in [-0.1, -0.05) is 36.4 Å². The highest BCUT2D eigenvalue weighted by Gasteiger charge is 2.34. The average Bonchev–Trinajstić information content (AvgIpc) is 3.23. The van der Waals surface area contributed by atoms with Gasteiger partial charge in [-0.05, 0) is 34.4 Å². The van der Waals surface area contributed by atoms with E-state index >= 15 is 0 Å². The number of piperazine rings is 1. The monoisotopic (exact) mass is 422 g/mol. The summed E-state index contributed by atoms with van der Waals surface area (Å²) in [5, 5.41) is 3.55. The number of benzene rings is 2. The van der Waals surface area contributed by atoms with Crippen LogP contribution in [0.4, 0.5) is 0 Å². The molecule has 4 rings (SSSR count). The highest BCUT2D eigenvalue weighted by Crippen LogP contribution is 2.25. The fourth-order valence-electron chi connectivity index (χ4n) is 3.16. The Morgan fingerprint density at radius 2 is 1.33 bits per heavy atom. The van der Waals surface area contributed by atoms with Gasteiger partial charge in [-0.3, -0.25) is 0 Å². The molecule has 1 aliphatic rings. The Kier molecular flexibility index (Phi) is 4.81. The quantitative estimate of drug-likeness (QED) is 0.648. The van der Waals surface area contributed by atoms with Crippen LogP contribution in [0.3, 0.4) is 0 Å². The van der Waals surface area contributed by atoms with Gasteiger partial charge in [-0.2, -0.15) is 8.61 Å². The molecule has 142 valence electrons. The molecular formula is C18H18N2O4S3. The second-order valence-electron chi connectivity index (χ2n) is 6.25. The van der Waals surface area contributed by atoms with Gasteiger partial charge < -0.3 is 0 Å². The molecule has 0 amide bonds. The predicted molar refractivity (Wildman–Crippen MR) is 106 cm³/mol. The van der Waals surface area contributed by atoms with Crippen molar-refractivity contribution in [1.29, 1.82) is 0 Å². The summed E-state index contributed by atoms with van der Waals surface area (Å²) >= 11 is 1.17. The average molecular weight is 423 g/mol. The van der Waals surface area contributed by atoms with E-state index in [1.165, 1.54) is 19.9 Å². The molecule has 6 nitrogen and oxygen atoms in total. The number of hydrogen-bond donors (Lipinski definition) is 0. The van der Waals surface area contributed by atoms with E-state index in [0.29, 0.717) is 0 Å². The highest BCUT2D eigenvalue weighted by atomic mass is 32.2. The number of hydrogen-bond acceptors (Lipinski definition) is 5. The van der Waals surface area contributed by atoms with E-state index in [4.69, 9.17) is 0 Å². The Labute approximate surface area is 162 Å². The summed E-state index contributed by atoms with van der Waals surface area (Å²) < 4.78 is 54.1. The summed E-state index contributed by atoms with van der Waals surface area (Å²) in [6.45, 7) is 0.569. The number of fused-ring (bicyclic) bond motifs is 1. The van der Waals surface area contributed by atoms with Crippen molar-refractivity contribution >= 4 is 42.2 Å². The maximum absolute atomic E-state index is 13.0. The van der Waals surface area contributed by atoms with Crippen molar-refractivity contribution in [2.45, 2.75) is 9.10 Å². The van der Waals surface area contributed by atoms with Crippen LogP contribution in [0.2, 0.25) is 0 Å². The van der Waals surface area contributed by atoms with Crippen LogP contribution < -0.4 is 0 Å². The third-order valence-electron chi connectivity index (χ3n) is 4.65. The van der Waals surface area contributed by atoms with Crippen molar-refractivity contribution in [1.82, 2.24) is 8.61 Å². The zero-order valence-electron chi connectivity index (χ0n) is 14.4. The van der Waals surface area contributed by atoms with E-state index in [2.05, 4.69) is 0 Å². The van der Waals surface area contributed by atoms with Crippen molar-refractivity contribution < 1.29 is 16.8 Å². The van der Waals surface area contributed by atoms with Gasteiger partial charge in [0.1, 0.15) is 4.21 Å². The molecule has 0 saturated carbocycles. The van der Waals surface area contributed by atoms with Gasteiger partial charge in [0.05, 0.1) is 4.90 Å². The zero-order valence-corrected chi connectivity index (χ0v) is 16.8. The second-order valence-corrected chi connectivity index (χ2v) is 11.3. The molecule has 0 unspecified atom stereocenters. The van der Waals surface area contributed by atoms with Gasteiger partial charge in [-0.15, -0.1) is 11.3 Å². The number of rotatable bonds is 4. The molecule has 1 aromatic heterocycles. The Bertz CT molecular complexity index is 1160. The number of thiophene rings is 1. The van der Waals surface area contributed by atoms with Gasteiger partial charge in [0, 0.05) is 26.2 Å². The maximum atomic E-state index is 13.0. The third-order valence-corrected chi connectivity index (χ3v) is 9.81. The topological polar surface area (TPSA) is 74.8 Å². The van der Waals surface area contributed by atoms with Crippen LogP contribution in [0, 0.1) is 0 Å². The molecule has 27 heavy (non-hydrogen) atoms. The molecule has 0 spiro atoms. The van der Waals surface area contributed by atoms with Crippen LogP contribution in [0.25, 0.3) is 10.8 Å². The molecule has 1 saturated heterocycles. The molecule has 0 atom stereocenters. The maximum Gasteiger partial charge on any atom is 0.252 e. The molecule has 0 bridgehead atoms. The molecule has 1 fully saturated rings. The fraction of sp³-hybridized carbons (Fsp3) is 0.222. The smallest absolute Gasteiger partial charge is 0.207 e. The molecule has 2 aromatic carbocycles. The summed E-state index contributed by atoms with van der Waals surface area (Å²) in [6, 6.07) is 15.9. The largest absolute Gasteiger partial charge is 0.252 e. The summed E-state index contributed by atoms with van der Waals surface area (Å²) in [4.78, 5) is 0.232. The van der Waals surface area contributed by atoms with E-state index < -0.39 is 20.0 Å². The molecule has 0 radical (unpaired) electrons. The lowest BCUT2D eigenvalue weighted by atomic mass is 10.1. The van der Waals surface area contributed by atoms with E-state index in [1.807, 2.05) is 24.3 Å². The lowest BCUT2D eigenvalue weighted by Gasteiger charge is -2.33. The van der Waals surface area contributed by atoms with E-state index in [-0.39, 0.29) is 35.3 Å². The van der Waals surface area contributed by atoms with Crippen LogP contribution in [0.5, 0.6) is 0 Å². The van der Waals surface area contributed by atoms with E-state index in [1.54, 1.807) is 35.7 Å². The Morgan fingerprint density at radius 1 is 0.704 bits per heavy atom. The number of sulfonamides is 2. The molecular weight excluding hydrogens is 404 g/mol. The minimum atomic E-state index is -3.66. The standard InChI is InChI=1S/C18H18N2O4S3/c21-26(22,17-8-7-15-4-1-2-5-16(15)14-17)19-9-11-20(12-10-19)27(23,24)18-6-3-13-25-18/h1-8,13-14H,9-12H2. The van der Waals surface area contributed by atoms with Gasteiger partial charge in [-0.25, -0.2) is 16.8 Å². The Morgan fingerprint density at radius 3 is 1.96 bits per heavy atom. The molecule has 9 heteroatoms. The first-order valence-electron chi connectivity index (χ1n) is 8.42. The zero-order chi connectivity index (χ0) is 19.1. The predicted octanol–water partition coefficient (Wildman–Crippen LogP) is 2.60. The first-order valence-corrected chi connectivity index (χ1v) is 12.2. The first-order chi connectivity index (χ1) is 12.9. The molecule has 3 aromatic rings. The first kappa shape index (κ1) is 18.6. The molecule has 1 aliphatic heterocycles. The van der Waals surface area contributed by atoms with Gasteiger partial charge in [0.15, 0.2) is 0 Å². The van der Waals surface area contributed by atoms with Crippen LogP contribution in [0.15, 0.2) is 69.1 Å². The molecule has 2 heterocycles. The van der Waals surface area contributed by atoms with Crippen molar-refractivity contribution in [3.8, 4) is 0 Å². The lowest BCUT2D eigenvalue weighted by molar-refractivity contribution is 0.273. The summed E-state index contributed by atoms with van der Waals surface area (Å²) in [5.74, 6) is 0. The third kappa shape index (κ3) is 3.41. The normalized spacial score (nSPS) is 17.3. The number of nitrogens with zero attached hydrogens (tertiary/aromatic N) is 2. The van der Waals surface area contributed by atoms with Crippen LogP contribution in [-0.2, 0) is 20.0 Å². The van der Waals surface area contributed by atoms with Crippen molar-refractivity contribution in [2.75, 3.05) is 26.2 Å². The van der Waals surface area contributed by atoms with Crippen LogP contribution >= 0.6 is 11.3 Å². The summed E-state index contributed by atoms with van der Waals surface area (Å²) in [7, 11) is -7.21. The van der Waals surface area contributed by atoms with Gasteiger partial charge >= 0.3 is 0 Å². The minimum Gasteiger partial charge on any atom is -0.207 e.